The lowest BCUT2D eigenvalue weighted by Crippen LogP contribution is -2.34. The van der Waals surface area contributed by atoms with Crippen LogP contribution >= 0.6 is 0 Å². The van der Waals surface area contributed by atoms with Gasteiger partial charge in [0.15, 0.2) is 5.82 Å². The smallest absolute Gasteiger partial charge is 0.324 e. The van der Waals surface area contributed by atoms with Crippen molar-refractivity contribution >= 4 is 17.5 Å². The molecule has 0 aliphatic carbocycles. The van der Waals surface area contributed by atoms with E-state index >= 15 is 0 Å². The van der Waals surface area contributed by atoms with E-state index in [0.717, 1.165) is 50.3 Å². The normalized spacial score (nSPS) is 14.7. The minimum atomic E-state index is 0.198. The van der Waals surface area contributed by atoms with Crippen molar-refractivity contribution in [2.75, 3.05) is 29.6 Å². The van der Waals surface area contributed by atoms with Crippen molar-refractivity contribution < 1.29 is 9.26 Å². The molecule has 1 fully saturated rings. The number of hydrogen-bond acceptors (Lipinski definition) is 8. The molecular formula is C21H31N7O2. The molecule has 1 aliphatic heterocycles. The molecule has 30 heavy (non-hydrogen) atoms. The highest BCUT2D eigenvalue weighted by Crippen LogP contribution is 2.26. The number of piperidine rings is 1. The molecule has 0 radical (unpaired) electrons. The molecule has 1 aromatic carbocycles. The van der Waals surface area contributed by atoms with E-state index in [2.05, 4.69) is 34.1 Å². The third kappa shape index (κ3) is 5.55. The highest BCUT2D eigenvalue weighted by Gasteiger charge is 2.23. The molecule has 0 saturated carbocycles. The van der Waals surface area contributed by atoms with Gasteiger partial charge in [-0.05, 0) is 62.8 Å². The SMILES string of the molecule is CC(=N)N(N=N)c1ccc(OCCCC2CCN(c3nc(C(C)C)no3)CC2)cc1. The summed E-state index contributed by atoms with van der Waals surface area (Å²) in [6, 6.07) is 7.97. The van der Waals surface area contributed by atoms with Crippen molar-refractivity contribution in [1.82, 2.24) is 10.1 Å². The lowest BCUT2D eigenvalue weighted by Gasteiger charge is -2.30. The zero-order valence-corrected chi connectivity index (χ0v) is 18.0. The van der Waals surface area contributed by atoms with Crippen LogP contribution in [0.3, 0.4) is 0 Å². The Morgan fingerprint density at radius 2 is 2.00 bits per heavy atom. The first kappa shape index (κ1) is 21.7. The minimum Gasteiger partial charge on any atom is -0.494 e. The number of amidine groups is 1. The van der Waals surface area contributed by atoms with Gasteiger partial charge in [0.05, 0.1) is 12.3 Å². The fourth-order valence-corrected chi connectivity index (χ4v) is 3.57. The number of aromatic nitrogens is 2. The van der Waals surface area contributed by atoms with Gasteiger partial charge in [0.1, 0.15) is 11.6 Å². The molecular weight excluding hydrogens is 382 g/mol. The number of nitrogens with one attached hydrogen (secondary N) is 2. The first-order valence-electron chi connectivity index (χ1n) is 10.5. The molecule has 9 heteroatoms. The third-order valence-corrected chi connectivity index (χ3v) is 5.36. The Morgan fingerprint density at radius 3 is 2.57 bits per heavy atom. The molecule has 0 spiro atoms. The Morgan fingerprint density at radius 1 is 1.30 bits per heavy atom. The molecule has 0 atom stereocenters. The van der Waals surface area contributed by atoms with E-state index < -0.39 is 0 Å². The maximum Gasteiger partial charge on any atom is 0.324 e. The quantitative estimate of drug-likeness (QED) is 0.196. The molecule has 3 rings (SSSR count). The Kier molecular flexibility index (Phi) is 7.37. The largest absolute Gasteiger partial charge is 0.494 e. The van der Waals surface area contributed by atoms with Gasteiger partial charge in [0.2, 0.25) is 0 Å². The summed E-state index contributed by atoms with van der Waals surface area (Å²) in [7, 11) is 0. The van der Waals surface area contributed by atoms with Crippen LogP contribution in [0, 0.1) is 16.9 Å². The van der Waals surface area contributed by atoms with E-state index in [1.165, 1.54) is 5.01 Å². The van der Waals surface area contributed by atoms with E-state index in [4.69, 9.17) is 20.2 Å². The van der Waals surface area contributed by atoms with E-state index in [0.29, 0.717) is 24.2 Å². The number of ether oxygens (including phenoxy) is 1. The number of benzene rings is 1. The Bertz CT molecular complexity index is 826. The monoisotopic (exact) mass is 413 g/mol. The maximum absolute atomic E-state index is 7.62. The molecule has 1 aromatic heterocycles. The summed E-state index contributed by atoms with van der Waals surface area (Å²) in [6.45, 7) is 8.31. The van der Waals surface area contributed by atoms with Crippen molar-refractivity contribution in [3.63, 3.8) is 0 Å². The summed E-state index contributed by atoms with van der Waals surface area (Å²) >= 11 is 0. The summed E-state index contributed by atoms with van der Waals surface area (Å²) in [4.78, 5) is 6.69. The highest BCUT2D eigenvalue weighted by atomic mass is 16.5. The van der Waals surface area contributed by atoms with Crippen LogP contribution in [0.15, 0.2) is 34.0 Å². The average molecular weight is 414 g/mol. The molecule has 1 aliphatic rings. The van der Waals surface area contributed by atoms with Crippen LogP contribution in [0.2, 0.25) is 0 Å². The Labute approximate surface area is 177 Å². The molecule has 9 nitrogen and oxygen atoms in total. The number of nitrogens with zero attached hydrogens (tertiary/aromatic N) is 5. The predicted octanol–water partition coefficient (Wildman–Crippen LogP) is 5.02. The molecule has 0 bridgehead atoms. The first-order chi connectivity index (χ1) is 14.5. The summed E-state index contributed by atoms with van der Waals surface area (Å²) in [6.07, 6.45) is 4.41. The molecule has 2 aromatic rings. The van der Waals surface area contributed by atoms with E-state index in [1.807, 2.05) is 24.3 Å². The fourth-order valence-electron chi connectivity index (χ4n) is 3.57. The lowest BCUT2D eigenvalue weighted by atomic mass is 9.92. The topological polar surface area (TPSA) is 115 Å². The second kappa shape index (κ2) is 10.2. The summed E-state index contributed by atoms with van der Waals surface area (Å²) in [5, 5.41) is 16.3. The van der Waals surface area contributed by atoms with Crippen LogP contribution in [-0.4, -0.2) is 35.7 Å². The van der Waals surface area contributed by atoms with Crippen LogP contribution in [0.4, 0.5) is 11.7 Å². The number of rotatable bonds is 9. The first-order valence-corrected chi connectivity index (χ1v) is 10.5. The molecule has 2 N–H and O–H groups in total. The Balaban J connectivity index is 1.36. The minimum absolute atomic E-state index is 0.198. The van der Waals surface area contributed by atoms with E-state index in [1.54, 1.807) is 6.92 Å². The number of anilines is 2. The van der Waals surface area contributed by atoms with Gasteiger partial charge < -0.3 is 14.2 Å². The summed E-state index contributed by atoms with van der Waals surface area (Å²) in [5.74, 6) is 2.74. The summed E-state index contributed by atoms with van der Waals surface area (Å²) in [5.41, 5.74) is 7.84. The van der Waals surface area contributed by atoms with Gasteiger partial charge in [0.25, 0.3) is 0 Å². The lowest BCUT2D eigenvalue weighted by molar-refractivity contribution is 0.276. The summed E-state index contributed by atoms with van der Waals surface area (Å²) < 4.78 is 11.3. The van der Waals surface area contributed by atoms with Crippen molar-refractivity contribution in [1.29, 1.82) is 10.9 Å². The van der Waals surface area contributed by atoms with Crippen LogP contribution in [0.25, 0.3) is 0 Å². The number of hydrogen-bond donors (Lipinski definition) is 2. The van der Waals surface area contributed by atoms with Crippen molar-refractivity contribution in [2.24, 2.45) is 11.1 Å². The van der Waals surface area contributed by atoms with Gasteiger partial charge >= 0.3 is 6.01 Å². The van der Waals surface area contributed by atoms with Crippen LogP contribution in [0.1, 0.15) is 58.2 Å². The molecule has 1 saturated heterocycles. The Hall–Kier alpha value is -2.97. The van der Waals surface area contributed by atoms with Crippen molar-refractivity contribution in [3.8, 4) is 5.75 Å². The molecule has 0 unspecified atom stereocenters. The third-order valence-electron chi connectivity index (χ3n) is 5.36. The van der Waals surface area contributed by atoms with Crippen molar-refractivity contribution in [3.05, 3.63) is 30.1 Å². The second-order valence-corrected chi connectivity index (χ2v) is 8.00. The highest BCUT2D eigenvalue weighted by molar-refractivity contribution is 5.92. The van der Waals surface area contributed by atoms with Crippen LogP contribution in [-0.2, 0) is 0 Å². The van der Waals surface area contributed by atoms with Gasteiger partial charge in [0, 0.05) is 19.0 Å². The maximum atomic E-state index is 7.62. The fraction of sp³-hybridized carbons (Fsp3) is 0.571. The van der Waals surface area contributed by atoms with Gasteiger partial charge in [-0.15, -0.1) is 0 Å². The zero-order chi connectivity index (χ0) is 21.5. The van der Waals surface area contributed by atoms with Gasteiger partial charge in [-0.25, -0.2) is 5.01 Å². The predicted molar refractivity (Wildman–Crippen MR) is 116 cm³/mol. The van der Waals surface area contributed by atoms with Gasteiger partial charge in [-0.3, -0.25) is 5.41 Å². The van der Waals surface area contributed by atoms with Crippen LogP contribution < -0.4 is 14.6 Å². The molecule has 2 heterocycles. The van der Waals surface area contributed by atoms with Gasteiger partial charge in [-0.2, -0.15) is 10.5 Å². The van der Waals surface area contributed by atoms with Gasteiger partial charge in [-0.1, -0.05) is 24.2 Å². The molecule has 0 amide bonds. The standard InChI is InChI=1S/C21H31N7O2/c1-15(2)20-24-21(30-25-20)27-12-10-17(11-13-27)5-4-14-29-19-8-6-18(7-9-19)28(26-23)16(3)22/h6-9,15,17,22-23H,4-5,10-14H2,1-3H3. The van der Waals surface area contributed by atoms with E-state index in [9.17, 15) is 0 Å². The van der Waals surface area contributed by atoms with Crippen molar-refractivity contribution in [2.45, 2.75) is 52.4 Å². The van der Waals surface area contributed by atoms with E-state index in [-0.39, 0.29) is 11.8 Å². The average Bonchev–Trinajstić information content (AvgIpc) is 3.24. The van der Waals surface area contributed by atoms with Crippen LogP contribution in [0.5, 0.6) is 5.75 Å². The molecule has 162 valence electrons. The zero-order valence-electron chi connectivity index (χ0n) is 18.0. The second-order valence-electron chi connectivity index (χ2n) is 8.00.